The monoisotopic (exact) mass is 328 g/mol. The van der Waals surface area contributed by atoms with Crippen LogP contribution in [-0.2, 0) is 11.2 Å². The summed E-state index contributed by atoms with van der Waals surface area (Å²) < 4.78 is 10.9. The third-order valence-electron chi connectivity index (χ3n) is 3.90. The summed E-state index contributed by atoms with van der Waals surface area (Å²) >= 11 is 0. The fourth-order valence-electron chi connectivity index (χ4n) is 2.54. The highest BCUT2D eigenvalue weighted by Gasteiger charge is 2.21. The first-order chi connectivity index (χ1) is 11.6. The topological polar surface area (TPSA) is 55.8 Å². The van der Waals surface area contributed by atoms with Crippen molar-refractivity contribution in [2.45, 2.75) is 32.1 Å². The van der Waals surface area contributed by atoms with Crippen LogP contribution in [0.1, 0.15) is 36.8 Å². The zero-order valence-electron chi connectivity index (χ0n) is 14.2. The maximum atomic E-state index is 11.7. The molecule has 4 heteroatoms. The van der Waals surface area contributed by atoms with Gasteiger partial charge in [0.1, 0.15) is 11.5 Å². The second-order valence-corrected chi connectivity index (χ2v) is 5.72. The quantitative estimate of drug-likeness (QED) is 0.698. The van der Waals surface area contributed by atoms with Gasteiger partial charge < -0.3 is 14.6 Å². The lowest BCUT2D eigenvalue weighted by atomic mass is 9.92. The van der Waals surface area contributed by atoms with Gasteiger partial charge in [-0.2, -0.15) is 0 Å². The Morgan fingerprint density at radius 1 is 1.12 bits per heavy atom. The van der Waals surface area contributed by atoms with Gasteiger partial charge in [0, 0.05) is 0 Å². The normalized spacial score (nSPS) is 11.8. The minimum atomic E-state index is -0.847. The summed E-state index contributed by atoms with van der Waals surface area (Å²) in [4.78, 5) is 11.7. The molecule has 0 spiro atoms. The number of ether oxygens (including phenoxy) is 2. The summed E-state index contributed by atoms with van der Waals surface area (Å²) in [5, 5.41) is 9.62. The molecule has 2 aromatic rings. The number of rotatable bonds is 9. The number of aliphatic carboxylic acids is 1. The number of carboxylic acids is 1. The summed E-state index contributed by atoms with van der Waals surface area (Å²) in [5.74, 6) is -0.0160. The number of hydrogen-bond donors (Lipinski definition) is 1. The van der Waals surface area contributed by atoms with Gasteiger partial charge in [-0.3, -0.25) is 4.79 Å². The van der Waals surface area contributed by atoms with Crippen LogP contribution in [0.5, 0.6) is 11.5 Å². The fraction of sp³-hybridized carbons (Fsp3) is 0.350. The molecule has 1 unspecified atom stereocenters. The lowest BCUT2D eigenvalue weighted by molar-refractivity contribution is -0.138. The third-order valence-corrected chi connectivity index (χ3v) is 3.90. The molecule has 0 radical (unpaired) electrons. The van der Waals surface area contributed by atoms with E-state index < -0.39 is 11.9 Å². The standard InChI is InChI=1S/C20H24O4/c1-3-4-11-24-18-10-5-7-15(12-18)13-19(20(21)22)16-8-6-9-17(14-16)23-2/h5-10,12,14,19H,3-4,11,13H2,1-2H3,(H,21,22). The van der Waals surface area contributed by atoms with E-state index in [0.717, 1.165) is 29.7 Å². The first kappa shape index (κ1) is 17.9. The second-order valence-electron chi connectivity index (χ2n) is 5.72. The van der Waals surface area contributed by atoms with Crippen molar-refractivity contribution in [2.75, 3.05) is 13.7 Å². The van der Waals surface area contributed by atoms with Crippen molar-refractivity contribution in [1.82, 2.24) is 0 Å². The predicted molar refractivity (Wildman–Crippen MR) is 93.9 cm³/mol. The van der Waals surface area contributed by atoms with Gasteiger partial charge in [-0.05, 0) is 48.2 Å². The summed E-state index contributed by atoms with van der Waals surface area (Å²) in [7, 11) is 1.58. The number of hydrogen-bond acceptors (Lipinski definition) is 3. The Bertz CT molecular complexity index is 666. The van der Waals surface area contributed by atoms with Gasteiger partial charge in [0.15, 0.2) is 0 Å². The number of carboxylic acid groups (broad SMARTS) is 1. The lowest BCUT2D eigenvalue weighted by Crippen LogP contribution is -2.14. The van der Waals surface area contributed by atoms with Crippen molar-refractivity contribution in [3.8, 4) is 11.5 Å². The van der Waals surface area contributed by atoms with E-state index in [1.54, 1.807) is 13.2 Å². The van der Waals surface area contributed by atoms with Crippen LogP contribution in [0.2, 0.25) is 0 Å². The number of benzene rings is 2. The molecule has 0 bridgehead atoms. The Balaban J connectivity index is 2.15. The highest BCUT2D eigenvalue weighted by Crippen LogP contribution is 2.26. The average molecular weight is 328 g/mol. The van der Waals surface area contributed by atoms with Crippen LogP contribution in [0, 0.1) is 0 Å². The molecule has 0 amide bonds. The Labute approximate surface area is 143 Å². The predicted octanol–water partition coefficient (Wildman–Crippen LogP) is 4.29. The van der Waals surface area contributed by atoms with Crippen LogP contribution in [0.4, 0.5) is 0 Å². The molecule has 0 fully saturated rings. The third kappa shape index (κ3) is 5.01. The van der Waals surface area contributed by atoms with E-state index >= 15 is 0 Å². The fourth-order valence-corrected chi connectivity index (χ4v) is 2.54. The maximum Gasteiger partial charge on any atom is 0.311 e. The number of unbranched alkanes of at least 4 members (excludes halogenated alkanes) is 1. The molecule has 0 aliphatic carbocycles. The van der Waals surface area contributed by atoms with Gasteiger partial charge in [-0.15, -0.1) is 0 Å². The Morgan fingerprint density at radius 2 is 1.88 bits per heavy atom. The molecule has 1 N–H and O–H groups in total. The molecule has 0 aliphatic heterocycles. The summed E-state index contributed by atoms with van der Waals surface area (Å²) in [6.45, 7) is 2.80. The Hall–Kier alpha value is -2.49. The van der Waals surface area contributed by atoms with E-state index in [1.165, 1.54) is 0 Å². The van der Waals surface area contributed by atoms with E-state index in [4.69, 9.17) is 9.47 Å². The molecule has 128 valence electrons. The molecule has 0 aromatic heterocycles. The van der Waals surface area contributed by atoms with Crippen molar-refractivity contribution in [2.24, 2.45) is 0 Å². The number of carbonyl (C=O) groups is 1. The molecular formula is C20H24O4. The second kappa shape index (κ2) is 8.96. The largest absolute Gasteiger partial charge is 0.497 e. The molecule has 0 heterocycles. The first-order valence-corrected chi connectivity index (χ1v) is 8.22. The molecule has 0 aliphatic rings. The smallest absolute Gasteiger partial charge is 0.311 e. The Morgan fingerprint density at radius 3 is 2.58 bits per heavy atom. The minimum absolute atomic E-state index is 0.410. The van der Waals surface area contributed by atoms with Crippen molar-refractivity contribution in [1.29, 1.82) is 0 Å². The van der Waals surface area contributed by atoms with E-state index in [9.17, 15) is 9.90 Å². The zero-order valence-corrected chi connectivity index (χ0v) is 14.2. The highest BCUT2D eigenvalue weighted by molar-refractivity contribution is 5.76. The van der Waals surface area contributed by atoms with Crippen LogP contribution in [0.25, 0.3) is 0 Å². The van der Waals surface area contributed by atoms with Gasteiger partial charge >= 0.3 is 5.97 Å². The van der Waals surface area contributed by atoms with Crippen LogP contribution in [-0.4, -0.2) is 24.8 Å². The van der Waals surface area contributed by atoms with E-state index in [-0.39, 0.29) is 0 Å². The molecule has 1 atom stereocenters. The zero-order chi connectivity index (χ0) is 17.4. The van der Waals surface area contributed by atoms with Crippen LogP contribution in [0.3, 0.4) is 0 Å². The van der Waals surface area contributed by atoms with E-state index in [1.807, 2.05) is 42.5 Å². The van der Waals surface area contributed by atoms with Gasteiger partial charge in [0.2, 0.25) is 0 Å². The summed E-state index contributed by atoms with van der Waals surface area (Å²) in [6, 6.07) is 14.9. The van der Waals surface area contributed by atoms with Gasteiger partial charge in [0.25, 0.3) is 0 Å². The maximum absolute atomic E-state index is 11.7. The molecular weight excluding hydrogens is 304 g/mol. The average Bonchev–Trinajstić information content (AvgIpc) is 2.60. The Kier molecular flexibility index (Phi) is 6.67. The van der Waals surface area contributed by atoms with E-state index in [2.05, 4.69) is 6.92 Å². The van der Waals surface area contributed by atoms with Gasteiger partial charge in [-0.25, -0.2) is 0 Å². The minimum Gasteiger partial charge on any atom is -0.497 e. The molecule has 0 saturated heterocycles. The van der Waals surface area contributed by atoms with Crippen molar-refractivity contribution in [3.63, 3.8) is 0 Å². The summed E-state index contributed by atoms with van der Waals surface area (Å²) in [5.41, 5.74) is 1.68. The first-order valence-electron chi connectivity index (χ1n) is 8.22. The molecule has 2 aromatic carbocycles. The van der Waals surface area contributed by atoms with Crippen molar-refractivity contribution in [3.05, 3.63) is 59.7 Å². The van der Waals surface area contributed by atoms with Crippen molar-refractivity contribution < 1.29 is 19.4 Å². The van der Waals surface area contributed by atoms with Crippen LogP contribution < -0.4 is 9.47 Å². The lowest BCUT2D eigenvalue weighted by Gasteiger charge is -2.15. The summed E-state index contributed by atoms with van der Waals surface area (Å²) in [6.07, 6.45) is 2.50. The van der Waals surface area contributed by atoms with Crippen LogP contribution in [0.15, 0.2) is 48.5 Å². The molecule has 2 rings (SSSR count). The van der Waals surface area contributed by atoms with E-state index in [0.29, 0.717) is 18.8 Å². The molecule has 24 heavy (non-hydrogen) atoms. The van der Waals surface area contributed by atoms with Gasteiger partial charge in [0.05, 0.1) is 19.6 Å². The highest BCUT2D eigenvalue weighted by atomic mass is 16.5. The molecule has 0 saturated carbocycles. The van der Waals surface area contributed by atoms with Gasteiger partial charge in [-0.1, -0.05) is 37.6 Å². The molecule has 4 nitrogen and oxygen atoms in total. The van der Waals surface area contributed by atoms with Crippen LogP contribution >= 0.6 is 0 Å². The number of methoxy groups -OCH3 is 1. The van der Waals surface area contributed by atoms with Crippen molar-refractivity contribution >= 4 is 5.97 Å². The SMILES string of the molecule is CCCCOc1cccc(CC(C(=O)O)c2cccc(OC)c2)c1.